The molecule has 0 radical (unpaired) electrons. The second-order valence-corrected chi connectivity index (χ2v) is 6.82. The number of benzene rings is 1. The molecule has 1 saturated heterocycles. The molecule has 23 heavy (non-hydrogen) atoms. The minimum absolute atomic E-state index is 0.253. The highest BCUT2D eigenvalue weighted by atomic mass is 16.2. The number of aryl methyl sites for hydroxylation is 2. The Labute approximate surface area is 136 Å². The minimum Gasteiger partial charge on any atom is -0.342 e. The maximum Gasteiger partial charge on any atom is 0.227 e. The Kier molecular flexibility index (Phi) is 3.90. The molecule has 1 amide bonds. The van der Waals surface area contributed by atoms with Crippen LogP contribution in [0.5, 0.6) is 0 Å². The predicted octanol–water partition coefficient (Wildman–Crippen LogP) is 2.85. The summed E-state index contributed by atoms with van der Waals surface area (Å²) in [5, 5.41) is 7.05. The average Bonchev–Trinajstić information content (AvgIpc) is 3.26. The van der Waals surface area contributed by atoms with E-state index in [1.807, 2.05) is 11.0 Å². The fourth-order valence-electron chi connectivity index (χ4n) is 3.92. The molecule has 1 aromatic carbocycles. The van der Waals surface area contributed by atoms with E-state index in [1.165, 1.54) is 42.4 Å². The molecule has 1 aliphatic heterocycles. The molecule has 1 fully saturated rings. The van der Waals surface area contributed by atoms with E-state index in [-0.39, 0.29) is 5.91 Å². The van der Waals surface area contributed by atoms with Gasteiger partial charge in [0, 0.05) is 30.9 Å². The van der Waals surface area contributed by atoms with Crippen molar-refractivity contribution in [1.29, 1.82) is 0 Å². The molecule has 2 aliphatic rings. The average molecular weight is 309 g/mol. The van der Waals surface area contributed by atoms with Crippen LogP contribution in [0.3, 0.4) is 0 Å². The number of likely N-dealkylation sites (tertiary alicyclic amines) is 1. The Morgan fingerprint density at radius 2 is 2.09 bits per heavy atom. The van der Waals surface area contributed by atoms with Crippen LogP contribution < -0.4 is 0 Å². The molecule has 0 saturated carbocycles. The third kappa shape index (κ3) is 3.03. The lowest BCUT2D eigenvalue weighted by molar-refractivity contribution is -0.129. The van der Waals surface area contributed by atoms with Gasteiger partial charge in [-0.15, -0.1) is 0 Å². The van der Waals surface area contributed by atoms with Gasteiger partial charge in [-0.25, -0.2) is 0 Å². The second kappa shape index (κ2) is 6.19. The molecule has 1 atom stereocenters. The number of fused-ring (bicyclic) bond motifs is 1. The largest absolute Gasteiger partial charge is 0.342 e. The zero-order valence-electron chi connectivity index (χ0n) is 13.4. The van der Waals surface area contributed by atoms with Gasteiger partial charge in [-0.3, -0.25) is 9.89 Å². The quantitative estimate of drug-likeness (QED) is 0.948. The Morgan fingerprint density at radius 1 is 1.22 bits per heavy atom. The number of carbonyl (C=O) groups is 1. The second-order valence-electron chi connectivity index (χ2n) is 6.82. The first-order valence-corrected chi connectivity index (χ1v) is 8.67. The number of hydrogen-bond acceptors (Lipinski definition) is 2. The fourth-order valence-corrected chi connectivity index (χ4v) is 3.92. The van der Waals surface area contributed by atoms with Crippen LogP contribution in [0.2, 0.25) is 0 Å². The van der Waals surface area contributed by atoms with E-state index in [1.54, 1.807) is 6.20 Å². The van der Waals surface area contributed by atoms with E-state index in [9.17, 15) is 4.79 Å². The molecule has 1 aliphatic carbocycles. The lowest BCUT2D eigenvalue weighted by Crippen LogP contribution is -2.30. The van der Waals surface area contributed by atoms with Crippen LogP contribution in [0, 0.1) is 0 Å². The first-order chi connectivity index (χ1) is 11.3. The van der Waals surface area contributed by atoms with Gasteiger partial charge in [0.2, 0.25) is 5.91 Å². The summed E-state index contributed by atoms with van der Waals surface area (Å²) in [5.74, 6) is 0.660. The Morgan fingerprint density at radius 3 is 2.91 bits per heavy atom. The first kappa shape index (κ1) is 14.5. The number of H-pyrrole nitrogens is 1. The summed E-state index contributed by atoms with van der Waals surface area (Å²) in [6.45, 7) is 1.67. The lowest BCUT2D eigenvalue weighted by atomic mass is 9.90. The number of carbonyl (C=O) groups excluding carboxylic acids is 1. The van der Waals surface area contributed by atoms with Gasteiger partial charge >= 0.3 is 0 Å². The minimum atomic E-state index is 0.253. The van der Waals surface area contributed by atoms with Gasteiger partial charge in [0.1, 0.15) is 0 Å². The molecule has 4 heteroatoms. The van der Waals surface area contributed by atoms with E-state index in [0.29, 0.717) is 12.3 Å². The first-order valence-electron chi connectivity index (χ1n) is 8.67. The van der Waals surface area contributed by atoms with Crippen LogP contribution in [0.15, 0.2) is 30.5 Å². The molecule has 2 heterocycles. The van der Waals surface area contributed by atoms with Crippen LogP contribution in [0.25, 0.3) is 0 Å². The van der Waals surface area contributed by atoms with Crippen LogP contribution in [-0.4, -0.2) is 34.1 Å². The molecule has 0 spiro atoms. The maximum atomic E-state index is 12.6. The highest BCUT2D eigenvalue weighted by Gasteiger charge is 2.28. The SMILES string of the molecule is O=C(Cc1ccc2c(c1)CCCC2)N1CCC(c2ccn[nH]2)C1. The Balaban J connectivity index is 1.40. The summed E-state index contributed by atoms with van der Waals surface area (Å²) in [7, 11) is 0. The lowest BCUT2D eigenvalue weighted by Gasteiger charge is -2.19. The van der Waals surface area contributed by atoms with E-state index < -0.39 is 0 Å². The number of aromatic amines is 1. The molecular formula is C19H23N3O. The van der Waals surface area contributed by atoms with Crippen molar-refractivity contribution < 1.29 is 4.79 Å². The van der Waals surface area contributed by atoms with Crippen molar-refractivity contribution in [3.8, 4) is 0 Å². The van der Waals surface area contributed by atoms with Gasteiger partial charge in [0.25, 0.3) is 0 Å². The van der Waals surface area contributed by atoms with Gasteiger partial charge < -0.3 is 4.90 Å². The molecule has 1 aromatic heterocycles. The number of amides is 1. The van der Waals surface area contributed by atoms with Crippen molar-refractivity contribution in [3.63, 3.8) is 0 Å². The zero-order valence-corrected chi connectivity index (χ0v) is 13.4. The molecule has 4 rings (SSSR count). The van der Waals surface area contributed by atoms with E-state index >= 15 is 0 Å². The fraction of sp³-hybridized carbons (Fsp3) is 0.474. The van der Waals surface area contributed by atoms with Crippen molar-refractivity contribution in [1.82, 2.24) is 15.1 Å². The maximum absolute atomic E-state index is 12.6. The van der Waals surface area contributed by atoms with Crippen LogP contribution in [0.4, 0.5) is 0 Å². The molecule has 0 bridgehead atoms. The van der Waals surface area contributed by atoms with E-state index in [4.69, 9.17) is 0 Å². The van der Waals surface area contributed by atoms with Crippen molar-refractivity contribution >= 4 is 5.91 Å². The number of rotatable bonds is 3. The predicted molar refractivity (Wildman–Crippen MR) is 89.3 cm³/mol. The third-order valence-corrected chi connectivity index (χ3v) is 5.27. The van der Waals surface area contributed by atoms with Crippen molar-refractivity contribution in [2.45, 2.75) is 44.4 Å². The van der Waals surface area contributed by atoms with Crippen LogP contribution >= 0.6 is 0 Å². The number of nitrogens with one attached hydrogen (secondary N) is 1. The molecule has 2 aromatic rings. The number of aromatic nitrogens is 2. The molecule has 120 valence electrons. The van der Waals surface area contributed by atoms with Gasteiger partial charge in [-0.1, -0.05) is 18.2 Å². The summed E-state index contributed by atoms with van der Waals surface area (Å²) in [6, 6.07) is 8.65. The topological polar surface area (TPSA) is 49.0 Å². The van der Waals surface area contributed by atoms with E-state index in [0.717, 1.165) is 25.2 Å². The van der Waals surface area contributed by atoms with Crippen molar-refractivity contribution in [2.75, 3.05) is 13.1 Å². The van der Waals surface area contributed by atoms with E-state index in [2.05, 4.69) is 28.4 Å². The smallest absolute Gasteiger partial charge is 0.227 e. The van der Waals surface area contributed by atoms with Crippen molar-refractivity contribution in [3.05, 3.63) is 52.8 Å². The Hall–Kier alpha value is -2.10. The number of nitrogens with zero attached hydrogens (tertiary/aromatic N) is 2. The van der Waals surface area contributed by atoms with Gasteiger partial charge in [0.05, 0.1) is 6.42 Å². The standard InChI is InChI=1S/C19H23N3O/c23-19(22-10-8-17(13-22)18-7-9-20-21-18)12-14-5-6-15-3-1-2-4-16(15)11-14/h5-7,9,11,17H,1-4,8,10,12-13H2,(H,20,21). The molecule has 1 N–H and O–H groups in total. The highest BCUT2D eigenvalue weighted by Crippen LogP contribution is 2.27. The normalized spacial score (nSPS) is 20.5. The summed E-state index contributed by atoms with van der Waals surface area (Å²) >= 11 is 0. The Bertz CT molecular complexity index is 693. The molecular weight excluding hydrogens is 286 g/mol. The summed E-state index contributed by atoms with van der Waals surface area (Å²) in [4.78, 5) is 14.6. The summed E-state index contributed by atoms with van der Waals surface area (Å²) in [5.41, 5.74) is 5.25. The third-order valence-electron chi connectivity index (χ3n) is 5.27. The molecule has 1 unspecified atom stereocenters. The van der Waals surface area contributed by atoms with Crippen molar-refractivity contribution in [2.24, 2.45) is 0 Å². The van der Waals surface area contributed by atoms with Crippen LogP contribution in [-0.2, 0) is 24.1 Å². The van der Waals surface area contributed by atoms with Gasteiger partial charge in [-0.2, -0.15) is 5.10 Å². The summed E-state index contributed by atoms with van der Waals surface area (Å²) in [6.07, 6.45) is 8.29. The van der Waals surface area contributed by atoms with Crippen LogP contribution in [0.1, 0.15) is 47.6 Å². The monoisotopic (exact) mass is 309 g/mol. The van der Waals surface area contributed by atoms with Gasteiger partial charge in [-0.05, 0) is 54.9 Å². The highest BCUT2D eigenvalue weighted by molar-refractivity contribution is 5.79. The van der Waals surface area contributed by atoms with Gasteiger partial charge in [0.15, 0.2) is 0 Å². The summed E-state index contributed by atoms with van der Waals surface area (Å²) < 4.78 is 0. The zero-order chi connectivity index (χ0) is 15.6. The molecule has 4 nitrogen and oxygen atoms in total. The number of hydrogen-bond donors (Lipinski definition) is 1.